The van der Waals surface area contributed by atoms with Gasteiger partial charge in [-0.2, -0.15) is 5.26 Å². The van der Waals surface area contributed by atoms with Crippen molar-refractivity contribution in [2.75, 3.05) is 0 Å². The van der Waals surface area contributed by atoms with Crippen molar-refractivity contribution < 1.29 is 0 Å². The van der Waals surface area contributed by atoms with E-state index in [1.807, 2.05) is 12.1 Å². The summed E-state index contributed by atoms with van der Waals surface area (Å²) < 4.78 is 0. The predicted octanol–water partition coefficient (Wildman–Crippen LogP) is 3.78. The average Bonchev–Trinajstić information content (AvgIpc) is 2.34. The lowest BCUT2D eigenvalue weighted by Crippen LogP contribution is -2.26. The van der Waals surface area contributed by atoms with Crippen molar-refractivity contribution in [1.82, 2.24) is 5.32 Å². The highest BCUT2D eigenvalue weighted by atomic mass is 14.9. The summed E-state index contributed by atoms with van der Waals surface area (Å²) in [5.41, 5.74) is 3.21. The number of nitrogens with zero attached hydrogens (tertiary/aromatic N) is 1. The van der Waals surface area contributed by atoms with Crippen molar-refractivity contribution in [3.05, 3.63) is 34.9 Å². The maximum Gasteiger partial charge on any atom is 0.0991 e. The standard InChI is InChI=1S/C16H24N2/c1-12(2)5-6-14(4)18-11-16-8-7-15(10-17)9-13(16)3/h7-9,12,14,18H,5-6,11H2,1-4H3. The van der Waals surface area contributed by atoms with E-state index in [0.29, 0.717) is 6.04 Å². The quantitative estimate of drug-likeness (QED) is 0.826. The van der Waals surface area contributed by atoms with Gasteiger partial charge in [-0.25, -0.2) is 0 Å². The van der Waals surface area contributed by atoms with Crippen LogP contribution in [0, 0.1) is 24.2 Å². The molecule has 2 nitrogen and oxygen atoms in total. The summed E-state index contributed by atoms with van der Waals surface area (Å²) in [7, 11) is 0. The molecule has 0 radical (unpaired) electrons. The van der Waals surface area contributed by atoms with Gasteiger partial charge in [0.15, 0.2) is 0 Å². The van der Waals surface area contributed by atoms with Gasteiger partial charge in [0.2, 0.25) is 0 Å². The van der Waals surface area contributed by atoms with Crippen LogP contribution in [0.4, 0.5) is 0 Å². The molecule has 1 N–H and O–H groups in total. The third-order valence-electron chi connectivity index (χ3n) is 3.29. The van der Waals surface area contributed by atoms with Crippen molar-refractivity contribution in [2.45, 2.75) is 53.1 Å². The van der Waals surface area contributed by atoms with Crippen molar-refractivity contribution >= 4 is 0 Å². The summed E-state index contributed by atoms with van der Waals surface area (Å²) in [6, 6.07) is 8.61. The summed E-state index contributed by atoms with van der Waals surface area (Å²) >= 11 is 0. The van der Waals surface area contributed by atoms with Crippen molar-refractivity contribution in [3.63, 3.8) is 0 Å². The van der Waals surface area contributed by atoms with E-state index in [-0.39, 0.29) is 0 Å². The largest absolute Gasteiger partial charge is 0.310 e. The van der Waals surface area contributed by atoms with Gasteiger partial charge < -0.3 is 5.32 Å². The molecule has 0 aromatic heterocycles. The first-order valence-electron chi connectivity index (χ1n) is 6.76. The van der Waals surface area contributed by atoms with Gasteiger partial charge >= 0.3 is 0 Å². The molecule has 0 saturated carbocycles. The van der Waals surface area contributed by atoms with Crippen LogP contribution in [0.1, 0.15) is 50.3 Å². The van der Waals surface area contributed by atoms with Crippen LogP contribution in [0.3, 0.4) is 0 Å². The Balaban J connectivity index is 2.46. The normalized spacial score (nSPS) is 12.4. The van der Waals surface area contributed by atoms with Gasteiger partial charge in [0.25, 0.3) is 0 Å². The maximum atomic E-state index is 8.83. The molecule has 18 heavy (non-hydrogen) atoms. The number of nitrogens with one attached hydrogen (secondary N) is 1. The zero-order valence-electron chi connectivity index (χ0n) is 12.0. The molecule has 98 valence electrons. The second-order valence-electron chi connectivity index (χ2n) is 5.51. The first-order chi connectivity index (χ1) is 8.52. The molecule has 1 atom stereocenters. The van der Waals surface area contributed by atoms with E-state index < -0.39 is 0 Å². The summed E-state index contributed by atoms with van der Waals surface area (Å²) in [6.45, 7) is 9.71. The number of hydrogen-bond acceptors (Lipinski definition) is 2. The van der Waals surface area contributed by atoms with E-state index in [1.54, 1.807) is 0 Å². The fourth-order valence-corrected chi connectivity index (χ4v) is 1.93. The Morgan fingerprint density at radius 2 is 1.94 bits per heavy atom. The van der Waals surface area contributed by atoms with E-state index in [9.17, 15) is 0 Å². The highest BCUT2D eigenvalue weighted by Crippen LogP contribution is 2.12. The van der Waals surface area contributed by atoms with Crippen LogP contribution < -0.4 is 5.32 Å². The molecule has 0 saturated heterocycles. The summed E-state index contributed by atoms with van der Waals surface area (Å²) in [5, 5.41) is 12.4. The van der Waals surface area contributed by atoms with Crippen molar-refractivity contribution in [3.8, 4) is 6.07 Å². The van der Waals surface area contributed by atoms with Crippen molar-refractivity contribution in [2.24, 2.45) is 5.92 Å². The monoisotopic (exact) mass is 244 g/mol. The lowest BCUT2D eigenvalue weighted by molar-refractivity contribution is 0.450. The minimum Gasteiger partial charge on any atom is -0.310 e. The van der Waals surface area contributed by atoms with E-state index in [2.05, 4.69) is 45.1 Å². The van der Waals surface area contributed by atoms with Gasteiger partial charge in [0.05, 0.1) is 11.6 Å². The van der Waals surface area contributed by atoms with Crippen LogP contribution in [0.5, 0.6) is 0 Å². The highest BCUT2D eigenvalue weighted by molar-refractivity contribution is 5.37. The number of rotatable bonds is 6. The van der Waals surface area contributed by atoms with Crippen LogP contribution in [-0.4, -0.2) is 6.04 Å². The van der Waals surface area contributed by atoms with Gasteiger partial charge in [-0.15, -0.1) is 0 Å². The fourth-order valence-electron chi connectivity index (χ4n) is 1.93. The second-order valence-corrected chi connectivity index (χ2v) is 5.51. The molecule has 1 unspecified atom stereocenters. The zero-order valence-corrected chi connectivity index (χ0v) is 12.0. The van der Waals surface area contributed by atoms with Crippen LogP contribution in [0.15, 0.2) is 18.2 Å². The van der Waals surface area contributed by atoms with E-state index in [0.717, 1.165) is 18.0 Å². The van der Waals surface area contributed by atoms with E-state index >= 15 is 0 Å². The Bertz CT molecular complexity index is 416. The third kappa shape index (κ3) is 4.89. The third-order valence-corrected chi connectivity index (χ3v) is 3.29. The molecule has 1 rings (SSSR count). The Kier molecular flexibility index (Phi) is 5.88. The fraction of sp³-hybridized carbons (Fsp3) is 0.562. The number of hydrogen-bond donors (Lipinski definition) is 1. The minimum absolute atomic E-state index is 0.544. The van der Waals surface area contributed by atoms with Gasteiger partial charge in [-0.3, -0.25) is 0 Å². The minimum atomic E-state index is 0.544. The topological polar surface area (TPSA) is 35.8 Å². The lowest BCUT2D eigenvalue weighted by Gasteiger charge is -2.16. The molecule has 0 spiro atoms. The van der Waals surface area contributed by atoms with E-state index in [1.165, 1.54) is 24.0 Å². The molecule has 0 aliphatic rings. The van der Waals surface area contributed by atoms with Gasteiger partial charge in [0.1, 0.15) is 0 Å². The van der Waals surface area contributed by atoms with Crippen LogP contribution >= 0.6 is 0 Å². The molecule has 0 bridgehead atoms. The highest BCUT2D eigenvalue weighted by Gasteiger charge is 2.05. The molecule has 0 aliphatic carbocycles. The summed E-state index contributed by atoms with van der Waals surface area (Å²) in [4.78, 5) is 0. The van der Waals surface area contributed by atoms with Gasteiger partial charge in [0, 0.05) is 12.6 Å². The molecule has 0 amide bonds. The molecule has 2 heteroatoms. The Morgan fingerprint density at radius 1 is 1.22 bits per heavy atom. The number of benzene rings is 1. The average molecular weight is 244 g/mol. The lowest BCUT2D eigenvalue weighted by atomic mass is 10.0. The van der Waals surface area contributed by atoms with Gasteiger partial charge in [-0.05, 0) is 55.9 Å². The van der Waals surface area contributed by atoms with Crippen LogP contribution in [-0.2, 0) is 6.54 Å². The molecule has 1 aromatic rings. The number of nitriles is 1. The zero-order chi connectivity index (χ0) is 13.5. The molecular formula is C16H24N2. The first kappa shape index (κ1) is 14.7. The summed E-state index contributed by atoms with van der Waals surface area (Å²) in [6.07, 6.45) is 2.48. The van der Waals surface area contributed by atoms with Gasteiger partial charge in [-0.1, -0.05) is 19.9 Å². The Hall–Kier alpha value is -1.33. The van der Waals surface area contributed by atoms with Crippen LogP contribution in [0.2, 0.25) is 0 Å². The van der Waals surface area contributed by atoms with Crippen molar-refractivity contribution in [1.29, 1.82) is 5.26 Å². The molecule has 1 aromatic carbocycles. The Morgan fingerprint density at radius 3 is 2.50 bits per heavy atom. The Labute approximate surface area is 111 Å². The molecule has 0 aliphatic heterocycles. The smallest absolute Gasteiger partial charge is 0.0991 e. The molecule has 0 fully saturated rings. The van der Waals surface area contributed by atoms with E-state index in [4.69, 9.17) is 5.26 Å². The molecular weight excluding hydrogens is 220 g/mol. The number of aryl methyl sites for hydroxylation is 1. The summed E-state index contributed by atoms with van der Waals surface area (Å²) in [5.74, 6) is 0.769. The maximum absolute atomic E-state index is 8.83. The molecule has 0 heterocycles. The van der Waals surface area contributed by atoms with Crippen LogP contribution in [0.25, 0.3) is 0 Å². The SMILES string of the molecule is Cc1cc(C#N)ccc1CNC(C)CCC(C)C. The first-order valence-corrected chi connectivity index (χ1v) is 6.76. The predicted molar refractivity (Wildman–Crippen MR) is 76.3 cm³/mol. The second kappa shape index (κ2) is 7.18.